The minimum Gasteiger partial charge on any atom is -0.356 e. The quantitative estimate of drug-likeness (QED) is 0.430. The van der Waals surface area contributed by atoms with Crippen LogP contribution in [0.1, 0.15) is 20.3 Å². The molecule has 0 aromatic carbocycles. The van der Waals surface area contributed by atoms with Gasteiger partial charge in [-0.2, -0.15) is 0 Å². The fourth-order valence-electron chi connectivity index (χ4n) is 1.04. The van der Waals surface area contributed by atoms with Gasteiger partial charge in [0.05, 0.1) is 18.7 Å². The third kappa shape index (κ3) is 8.73. The average Bonchev–Trinajstić information content (AvgIpc) is 2.47. The first kappa shape index (κ1) is 13.4. The number of hydrogen-bond donors (Lipinski definition) is 0. The zero-order chi connectivity index (χ0) is 11.8. The fourth-order valence-corrected chi connectivity index (χ4v) is 1.04. The van der Waals surface area contributed by atoms with Crippen molar-refractivity contribution in [1.82, 2.24) is 4.57 Å². The summed E-state index contributed by atoms with van der Waals surface area (Å²) < 4.78 is 4.29. The lowest BCUT2D eigenvalue weighted by atomic mass is 10.1. The molecule has 0 spiro atoms. The highest BCUT2D eigenvalue weighted by atomic mass is 16.9. The highest BCUT2D eigenvalue weighted by molar-refractivity contribution is 4.65. The van der Waals surface area contributed by atoms with Crippen LogP contribution in [0.4, 0.5) is 0 Å². The molecular weight excluding hydrogens is 198 g/mol. The third-order valence-electron chi connectivity index (χ3n) is 1.79. The van der Waals surface area contributed by atoms with Crippen molar-refractivity contribution in [2.45, 2.75) is 26.8 Å². The average molecular weight is 215 g/mol. The van der Waals surface area contributed by atoms with Crippen molar-refractivity contribution in [3.63, 3.8) is 0 Å². The van der Waals surface area contributed by atoms with Crippen LogP contribution in [-0.2, 0) is 13.6 Å². The van der Waals surface area contributed by atoms with E-state index < -0.39 is 5.09 Å². The molecule has 0 saturated carbocycles. The summed E-state index contributed by atoms with van der Waals surface area (Å²) in [5.41, 5.74) is 0. The van der Waals surface area contributed by atoms with E-state index in [1.807, 2.05) is 7.05 Å². The Kier molecular flexibility index (Phi) is 6.08. The van der Waals surface area contributed by atoms with Crippen LogP contribution >= 0.6 is 0 Å². The van der Waals surface area contributed by atoms with Crippen LogP contribution in [-0.4, -0.2) is 9.65 Å². The van der Waals surface area contributed by atoms with Crippen molar-refractivity contribution in [1.29, 1.82) is 0 Å². The maximum absolute atomic E-state index is 8.25. The number of imidazole rings is 1. The largest absolute Gasteiger partial charge is 0.356 e. The smallest absolute Gasteiger partial charge is 0.243 e. The zero-order valence-corrected chi connectivity index (χ0v) is 9.29. The summed E-state index contributed by atoms with van der Waals surface area (Å²) in [6.45, 7) is 5.64. The number of aryl methyl sites for hydroxylation is 2. The molecule has 1 aromatic rings. The maximum atomic E-state index is 8.25. The zero-order valence-electron chi connectivity index (χ0n) is 9.29. The van der Waals surface area contributed by atoms with Gasteiger partial charge in [-0.05, 0) is 12.3 Å². The molecule has 0 aliphatic heterocycles. The molecule has 0 atom stereocenters. The summed E-state index contributed by atoms with van der Waals surface area (Å²) in [5.74, 6) is 0.794. The standard InChI is InChI=1S/C9H17N2.NO3/c1-9(2)4-5-11-7-6-10(3)8-11;2-1(3)4/h6-9H,4-5H2,1-3H3;/q+1;-1. The number of rotatable bonds is 3. The van der Waals surface area contributed by atoms with Crippen LogP contribution in [0.15, 0.2) is 18.7 Å². The van der Waals surface area contributed by atoms with Gasteiger partial charge in [0.15, 0.2) is 0 Å². The number of hydrogen-bond acceptors (Lipinski definition) is 3. The molecule has 0 unspecified atom stereocenters. The van der Waals surface area contributed by atoms with Gasteiger partial charge in [0.1, 0.15) is 12.4 Å². The van der Waals surface area contributed by atoms with Gasteiger partial charge < -0.3 is 15.3 Å². The van der Waals surface area contributed by atoms with E-state index in [0.717, 1.165) is 12.5 Å². The molecule has 0 aliphatic carbocycles. The minimum atomic E-state index is -1.75. The van der Waals surface area contributed by atoms with E-state index in [0.29, 0.717) is 0 Å². The van der Waals surface area contributed by atoms with Gasteiger partial charge in [0.2, 0.25) is 6.33 Å². The van der Waals surface area contributed by atoms with Crippen LogP contribution in [0.3, 0.4) is 0 Å². The molecule has 6 nitrogen and oxygen atoms in total. The Morgan fingerprint density at radius 1 is 1.47 bits per heavy atom. The SMILES string of the molecule is CC(C)CCn1cc[n+](C)c1.O=[N+]([O-])[O-]. The number of nitrogens with zero attached hydrogens (tertiary/aromatic N) is 3. The lowest BCUT2D eigenvalue weighted by Gasteiger charge is -1.99. The maximum Gasteiger partial charge on any atom is 0.243 e. The van der Waals surface area contributed by atoms with Gasteiger partial charge in [-0.3, -0.25) is 0 Å². The molecule has 1 aromatic heterocycles. The van der Waals surface area contributed by atoms with E-state index in [4.69, 9.17) is 15.3 Å². The van der Waals surface area contributed by atoms with Crippen molar-refractivity contribution >= 4 is 0 Å². The molecule has 0 N–H and O–H groups in total. The first-order valence-corrected chi connectivity index (χ1v) is 4.74. The Bertz CT molecular complexity index is 293. The lowest BCUT2D eigenvalue weighted by Crippen LogP contribution is -2.23. The highest BCUT2D eigenvalue weighted by Gasteiger charge is 2.00. The molecule has 15 heavy (non-hydrogen) atoms. The molecule has 0 aliphatic rings. The second-order valence-electron chi connectivity index (χ2n) is 3.72. The molecule has 0 saturated heterocycles. The Morgan fingerprint density at radius 3 is 2.33 bits per heavy atom. The van der Waals surface area contributed by atoms with Crippen LogP contribution in [0.5, 0.6) is 0 Å². The normalized spacial score (nSPS) is 9.60. The summed E-state index contributed by atoms with van der Waals surface area (Å²) in [5, 5.41) is 14.8. The topological polar surface area (TPSA) is 75.0 Å². The van der Waals surface area contributed by atoms with Crippen molar-refractivity contribution in [3.05, 3.63) is 34.0 Å². The van der Waals surface area contributed by atoms with Crippen molar-refractivity contribution in [3.8, 4) is 0 Å². The monoisotopic (exact) mass is 215 g/mol. The summed E-state index contributed by atoms with van der Waals surface area (Å²) in [6, 6.07) is 0. The van der Waals surface area contributed by atoms with Gasteiger partial charge in [0.25, 0.3) is 0 Å². The molecule has 0 bridgehead atoms. The van der Waals surface area contributed by atoms with Gasteiger partial charge in [-0.1, -0.05) is 13.8 Å². The molecule has 86 valence electrons. The van der Waals surface area contributed by atoms with Crippen LogP contribution in [0.2, 0.25) is 0 Å². The summed E-state index contributed by atoms with van der Waals surface area (Å²) in [6.07, 6.45) is 7.56. The third-order valence-corrected chi connectivity index (χ3v) is 1.79. The summed E-state index contributed by atoms with van der Waals surface area (Å²) in [4.78, 5) is 8.25. The van der Waals surface area contributed by atoms with Crippen molar-refractivity contribution < 1.29 is 9.65 Å². The second-order valence-corrected chi connectivity index (χ2v) is 3.72. The lowest BCUT2D eigenvalue weighted by molar-refractivity contribution is -0.671. The molecule has 1 rings (SSSR count). The predicted molar refractivity (Wildman–Crippen MR) is 55.4 cm³/mol. The minimum absolute atomic E-state index is 0.794. The van der Waals surface area contributed by atoms with Crippen LogP contribution in [0.25, 0.3) is 0 Å². The van der Waals surface area contributed by atoms with E-state index in [-0.39, 0.29) is 0 Å². The van der Waals surface area contributed by atoms with Gasteiger partial charge in [-0.15, -0.1) is 0 Å². The van der Waals surface area contributed by atoms with E-state index in [9.17, 15) is 0 Å². The highest BCUT2D eigenvalue weighted by Crippen LogP contribution is 2.00. The first-order valence-electron chi connectivity index (χ1n) is 4.74. The molecular formula is C9H17N3O3. The van der Waals surface area contributed by atoms with Crippen molar-refractivity contribution in [2.24, 2.45) is 13.0 Å². The Balaban J connectivity index is 0.000000423. The van der Waals surface area contributed by atoms with Crippen LogP contribution < -0.4 is 4.57 Å². The van der Waals surface area contributed by atoms with Gasteiger partial charge in [0, 0.05) is 0 Å². The Morgan fingerprint density at radius 2 is 2.00 bits per heavy atom. The van der Waals surface area contributed by atoms with E-state index in [1.165, 1.54) is 6.42 Å². The van der Waals surface area contributed by atoms with Gasteiger partial charge in [-0.25, -0.2) is 9.13 Å². The van der Waals surface area contributed by atoms with Crippen LogP contribution in [0, 0.1) is 21.2 Å². The van der Waals surface area contributed by atoms with E-state index in [1.54, 1.807) is 0 Å². The van der Waals surface area contributed by atoms with E-state index >= 15 is 0 Å². The Hall–Kier alpha value is -1.59. The summed E-state index contributed by atoms with van der Waals surface area (Å²) in [7, 11) is 2.05. The molecule has 0 radical (unpaired) electrons. The molecule has 6 heteroatoms. The molecule has 1 heterocycles. The van der Waals surface area contributed by atoms with Gasteiger partial charge >= 0.3 is 0 Å². The molecule has 0 amide bonds. The molecule has 0 fully saturated rings. The first-order chi connectivity index (χ1) is 6.91. The van der Waals surface area contributed by atoms with Crippen molar-refractivity contribution in [2.75, 3.05) is 0 Å². The second kappa shape index (κ2) is 6.80. The predicted octanol–water partition coefficient (Wildman–Crippen LogP) is 1.12. The van der Waals surface area contributed by atoms with E-state index in [2.05, 4.69) is 41.7 Å². The number of aromatic nitrogens is 2. The Labute approximate surface area is 88.9 Å². The summed E-state index contributed by atoms with van der Waals surface area (Å²) >= 11 is 0. The fraction of sp³-hybridized carbons (Fsp3) is 0.667.